The smallest absolute Gasteiger partial charge is 0.179 e. The largest absolute Gasteiger partial charge is 3.00 e. The Hall–Kier alpha value is -0.896. The van der Waals surface area contributed by atoms with Crippen molar-refractivity contribution in [2.24, 2.45) is 0 Å². The molecule has 0 amide bonds. The molecular formula is C17H15Y+2. The molecule has 0 unspecified atom stereocenters. The van der Waals surface area contributed by atoms with E-state index in [2.05, 4.69) is 56.9 Å². The Bertz CT molecular complexity index is 583. The first-order valence-corrected chi connectivity index (χ1v) is 5.73. The summed E-state index contributed by atoms with van der Waals surface area (Å²) in [6.45, 7) is 6.23. The van der Waals surface area contributed by atoms with Gasteiger partial charge in [0.05, 0.1) is 0 Å². The topological polar surface area (TPSA) is 0 Å². The minimum absolute atomic E-state index is 0. The zero-order valence-electron chi connectivity index (χ0n) is 11.0. The molecule has 0 aromatic heterocycles. The monoisotopic (exact) mass is 308 g/mol. The van der Waals surface area contributed by atoms with Gasteiger partial charge in [-0.15, -0.1) is 5.92 Å². The second kappa shape index (κ2) is 6.88. The van der Waals surface area contributed by atoms with Crippen LogP contribution in [0, 0.1) is 38.7 Å². The SMILES string of the molecule is Cc1ccc(C#Cc2c[c-]c(C)c(C)c2)cc1.[Y+3]. The first kappa shape index (κ1) is 15.2. The van der Waals surface area contributed by atoms with E-state index in [4.69, 9.17) is 0 Å². The van der Waals surface area contributed by atoms with E-state index >= 15 is 0 Å². The average Bonchev–Trinajstić information content (AvgIpc) is 2.33. The van der Waals surface area contributed by atoms with Crippen molar-refractivity contribution in [2.75, 3.05) is 0 Å². The van der Waals surface area contributed by atoms with Gasteiger partial charge in [0.15, 0.2) is 0 Å². The van der Waals surface area contributed by atoms with E-state index in [9.17, 15) is 0 Å². The maximum Gasteiger partial charge on any atom is 3.00 e. The predicted molar refractivity (Wildman–Crippen MR) is 71.9 cm³/mol. The number of hydrogen-bond donors (Lipinski definition) is 0. The minimum atomic E-state index is 0. The van der Waals surface area contributed by atoms with Gasteiger partial charge in [-0.1, -0.05) is 43.0 Å². The first-order chi connectivity index (χ1) is 8.15. The van der Waals surface area contributed by atoms with Crippen LogP contribution in [0.4, 0.5) is 0 Å². The molecule has 0 aliphatic rings. The number of aryl methyl sites for hydroxylation is 3. The molecule has 0 bridgehead atoms. The molecule has 0 nitrogen and oxygen atoms in total. The molecule has 0 spiro atoms. The van der Waals surface area contributed by atoms with Crippen molar-refractivity contribution >= 4 is 0 Å². The summed E-state index contributed by atoms with van der Waals surface area (Å²) in [6, 6.07) is 15.5. The summed E-state index contributed by atoms with van der Waals surface area (Å²) in [6.07, 6.45) is 0. The molecule has 0 aliphatic heterocycles. The van der Waals surface area contributed by atoms with Gasteiger partial charge in [-0.25, -0.2) is 0 Å². The molecule has 0 saturated carbocycles. The summed E-state index contributed by atoms with van der Waals surface area (Å²) in [4.78, 5) is 0. The quantitative estimate of drug-likeness (QED) is 0.513. The van der Waals surface area contributed by atoms with Gasteiger partial charge in [0.2, 0.25) is 0 Å². The second-order valence-corrected chi connectivity index (χ2v) is 4.31. The van der Waals surface area contributed by atoms with Gasteiger partial charge in [-0.2, -0.15) is 29.3 Å². The summed E-state index contributed by atoms with van der Waals surface area (Å²) in [7, 11) is 0. The van der Waals surface area contributed by atoms with Gasteiger partial charge < -0.3 is 0 Å². The molecule has 18 heavy (non-hydrogen) atoms. The summed E-state index contributed by atoms with van der Waals surface area (Å²) >= 11 is 0. The molecule has 2 aromatic carbocycles. The van der Waals surface area contributed by atoms with Crippen LogP contribution in [-0.4, -0.2) is 0 Å². The van der Waals surface area contributed by atoms with E-state index in [0.717, 1.165) is 11.1 Å². The summed E-state index contributed by atoms with van der Waals surface area (Å²) < 4.78 is 0. The fourth-order valence-corrected chi connectivity index (χ4v) is 1.54. The Morgan fingerprint density at radius 2 is 1.50 bits per heavy atom. The van der Waals surface area contributed by atoms with Gasteiger partial charge in [0.25, 0.3) is 0 Å². The average molecular weight is 308 g/mol. The summed E-state index contributed by atoms with van der Waals surface area (Å²) in [5.74, 6) is 6.33. The summed E-state index contributed by atoms with van der Waals surface area (Å²) in [5.41, 5.74) is 5.75. The van der Waals surface area contributed by atoms with Gasteiger partial charge in [-0.05, 0) is 19.1 Å². The number of rotatable bonds is 0. The molecule has 84 valence electrons. The van der Waals surface area contributed by atoms with Crippen molar-refractivity contribution in [3.63, 3.8) is 0 Å². The Morgan fingerprint density at radius 1 is 0.889 bits per heavy atom. The zero-order valence-corrected chi connectivity index (χ0v) is 13.9. The Balaban J connectivity index is 0.00000162. The van der Waals surface area contributed by atoms with Crippen molar-refractivity contribution in [2.45, 2.75) is 20.8 Å². The van der Waals surface area contributed by atoms with E-state index in [-0.39, 0.29) is 32.7 Å². The van der Waals surface area contributed by atoms with Crippen LogP contribution in [0.2, 0.25) is 0 Å². The van der Waals surface area contributed by atoms with Crippen molar-refractivity contribution in [1.82, 2.24) is 0 Å². The van der Waals surface area contributed by atoms with Crippen LogP contribution in [0.15, 0.2) is 36.4 Å². The zero-order chi connectivity index (χ0) is 12.3. The maximum absolute atomic E-state index is 3.21. The van der Waals surface area contributed by atoms with Crippen molar-refractivity contribution in [3.8, 4) is 11.8 Å². The maximum atomic E-state index is 3.21. The summed E-state index contributed by atoms with van der Waals surface area (Å²) in [5, 5.41) is 0. The van der Waals surface area contributed by atoms with Crippen LogP contribution in [-0.2, 0) is 32.7 Å². The first-order valence-electron chi connectivity index (χ1n) is 5.73. The fraction of sp³-hybridized carbons (Fsp3) is 0.176. The molecule has 2 aromatic rings. The van der Waals surface area contributed by atoms with Crippen molar-refractivity contribution in [1.29, 1.82) is 0 Å². The molecule has 0 aliphatic carbocycles. The van der Waals surface area contributed by atoms with Gasteiger partial charge >= 0.3 is 32.7 Å². The van der Waals surface area contributed by atoms with Crippen molar-refractivity contribution in [3.05, 3.63) is 70.3 Å². The molecule has 0 heterocycles. The van der Waals surface area contributed by atoms with E-state index in [1.54, 1.807) is 0 Å². The molecular weight excluding hydrogens is 293 g/mol. The third kappa shape index (κ3) is 4.09. The molecule has 0 atom stereocenters. The molecule has 0 N–H and O–H groups in total. The van der Waals surface area contributed by atoms with E-state index in [1.807, 2.05) is 18.2 Å². The number of hydrogen-bond acceptors (Lipinski definition) is 0. The standard InChI is InChI=1S/C17H15.Y/c1-13-4-7-16(8-5-13)10-11-17-9-6-14(2)15(3)12-17;/h4-5,7-9,12H,1-3H3;/q-1;+3. The third-order valence-electron chi connectivity index (χ3n) is 2.81. The van der Waals surface area contributed by atoms with Crippen molar-refractivity contribution < 1.29 is 32.7 Å². The van der Waals surface area contributed by atoms with Gasteiger partial charge in [0, 0.05) is 5.56 Å². The minimum Gasteiger partial charge on any atom is -0.179 e. The van der Waals surface area contributed by atoms with Crippen LogP contribution in [0.3, 0.4) is 0 Å². The molecule has 2 rings (SSSR count). The normalized spacial score (nSPS) is 9.06. The van der Waals surface area contributed by atoms with E-state index in [0.29, 0.717) is 0 Å². The predicted octanol–water partition coefficient (Wildman–Crippen LogP) is 3.81. The Morgan fingerprint density at radius 3 is 2.11 bits per heavy atom. The van der Waals surface area contributed by atoms with Crippen LogP contribution in [0.25, 0.3) is 0 Å². The molecule has 0 radical (unpaired) electrons. The van der Waals surface area contributed by atoms with E-state index < -0.39 is 0 Å². The number of benzene rings is 2. The van der Waals surface area contributed by atoms with Crippen LogP contribution in [0.5, 0.6) is 0 Å². The van der Waals surface area contributed by atoms with Gasteiger partial charge in [-0.3, -0.25) is 0 Å². The molecule has 0 saturated heterocycles. The second-order valence-electron chi connectivity index (χ2n) is 4.31. The van der Waals surface area contributed by atoms with Crippen LogP contribution in [0.1, 0.15) is 27.8 Å². The van der Waals surface area contributed by atoms with E-state index in [1.165, 1.54) is 16.7 Å². The Labute approximate surface area is 135 Å². The van der Waals surface area contributed by atoms with Gasteiger partial charge in [0.1, 0.15) is 0 Å². The Kier molecular flexibility index (Phi) is 5.80. The van der Waals surface area contributed by atoms with Crippen LogP contribution < -0.4 is 0 Å². The molecule has 1 heteroatoms. The third-order valence-corrected chi connectivity index (χ3v) is 2.81. The fourth-order valence-electron chi connectivity index (χ4n) is 1.54. The molecule has 0 fully saturated rings. The van der Waals surface area contributed by atoms with Crippen LogP contribution >= 0.6 is 0 Å².